The first-order valence-electron chi connectivity index (χ1n) is 7.38. The Balaban J connectivity index is 2.31. The fourth-order valence-electron chi connectivity index (χ4n) is 2.13. The number of rotatable bonds is 7. The topological polar surface area (TPSA) is 75.6 Å². The molecular formula is C17H17NO4S2. The molecule has 0 aliphatic carbocycles. The second-order valence-electron chi connectivity index (χ2n) is 5.04. The van der Waals surface area contributed by atoms with E-state index < -0.39 is 12.6 Å². The number of aliphatic carboxylic acids is 1. The average molecular weight is 363 g/mol. The van der Waals surface area contributed by atoms with Crippen molar-refractivity contribution < 1.29 is 19.4 Å². The number of thiocarbonyl (C=S) groups is 1. The molecule has 1 aromatic rings. The lowest BCUT2D eigenvalue weighted by atomic mass is 10.1. The minimum atomic E-state index is -1.03. The molecule has 0 spiro atoms. The van der Waals surface area contributed by atoms with Gasteiger partial charge < -0.3 is 15.2 Å². The van der Waals surface area contributed by atoms with Gasteiger partial charge in [0.25, 0.3) is 5.91 Å². The van der Waals surface area contributed by atoms with Gasteiger partial charge in [-0.1, -0.05) is 55.5 Å². The number of carboxylic acid groups (broad SMARTS) is 1. The molecule has 0 unspecified atom stereocenters. The fraction of sp³-hybridized carbons (Fsp3) is 0.235. The molecular weight excluding hydrogens is 346 g/mol. The Morgan fingerprint density at radius 2 is 2.17 bits per heavy atom. The highest BCUT2D eigenvalue weighted by molar-refractivity contribution is 8.26. The summed E-state index contributed by atoms with van der Waals surface area (Å²) in [7, 11) is 0. The molecule has 2 rings (SSSR count). The second-order valence-corrected chi connectivity index (χ2v) is 6.76. The molecule has 24 heavy (non-hydrogen) atoms. The maximum atomic E-state index is 11.8. The summed E-state index contributed by atoms with van der Waals surface area (Å²) in [5, 5.41) is 11.4. The highest BCUT2D eigenvalue weighted by Gasteiger charge is 2.22. The van der Waals surface area contributed by atoms with E-state index in [1.807, 2.05) is 31.2 Å². The van der Waals surface area contributed by atoms with Crippen molar-refractivity contribution in [3.8, 4) is 5.75 Å². The zero-order valence-corrected chi connectivity index (χ0v) is 14.7. The molecule has 1 aliphatic rings. The molecule has 0 atom stereocenters. The molecule has 1 aliphatic heterocycles. The van der Waals surface area contributed by atoms with Gasteiger partial charge in [0.1, 0.15) is 10.1 Å². The summed E-state index contributed by atoms with van der Waals surface area (Å²) in [6, 6.07) is 7.20. The van der Waals surface area contributed by atoms with E-state index in [0.717, 1.165) is 24.0 Å². The smallest absolute Gasteiger partial charge is 0.341 e. The third-order valence-electron chi connectivity index (χ3n) is 3.11. The Kier molecular flexibility index (Phi) is 6.57. The third kappa shape index (κ3) is 5.21. The van der Waals surface area contributed by atoms with Crippen LogP contribution in [0.5, 0.6) is 5.75 Å². The Bertz CT molecular complexity index is 725. The lowest BCUT2D eigenvalue weighted by Crippen LogP contribution is -2.17. The minimum Gasteiger partial charge on any atom is -0.481 e. The van der Waals surface area contributed by atoms with Gasteiger partial charge in [-0.3, -0.25) is 4.79 Å². The molecule has 0 aromatic heterocycles. The van der Waals surface area contributed by atoms with Crippen LogP contribution in [0.2, 0.25) is 0 Å². The number of carbonyl (C=O) groups is 2. The van der Waals surface area contributed by atoms with Crippen molar-refractivity contribution in [2.75, 3.05) is 6.61 Å². The minimum absolute atomic E-state index is 0.192. The van der Waals surface area contributed by atoms with Gasteiger partial charge in [0.05, 0.1) is 4.91 Å². The first-order chi connectivity index (χ1) is 11.5. The van der Waals surface area contributed by atoms with Crippen LogP contribution in [0.4, 0.5) is 0 Å². The van der Waals surface area contributed by atoms with Crippen LogP contribution in [0, 0.1) is 0 Å². The molecule has 0 bridgehead atoms. The Labute approximate surface area is 149 Å². The van der Waals surface area contributed by atoms with E-state index in [-0.39, 0.29) is 5.91 Å². The second kappa shape index (κ2) is 8.65. The van der Waals surface area contributed by atoms with Gasteiger partial charge in [0.2, 0.25) is 0 Å². The number of allylic oxidation sites excluding steroid dienone is 2. The monoisotopic (exact) mass is 363 g/mol. The van der Waals surface area contributed by atoms with Gasteiger partial charge >= 0.3 is 5.97 Å². The molecule has 1 aromatic carbocycles. The fourth-order valence-corrected chi connectivity index (χ4v) is 3.19. The van der Waals surface area contributed by atoms with Crippen LogP contribution in [-0.4, -0.2) is 27.9 Å². The summed E-state index contributed by atoms with van der Waals surface area (Å²) >= 11 is 6.23. The number of benzene rings is 1. The Morgan fingerprint density at radius 3 is 2.79 bits per heavy atom. The highest BCUT2D eigenvalue weighted by Crippen LogP contribution is 2.28. The summed E-state index contributed by atoms with van der Waals surface area (Å²) in [6.45, 7) is 1.65. The van der Waals surface area contributed by atoms with E-state index in [9.17, 15) is 9.59 Å². The van der Waals surface area contributed by atoms with Crippen LogP contribution in [0.25, 0.3) is 6.08 Å². The molecule has 7 heteroatoms. The van der Waals surface area contributed by atoms with Crippen LogP contribution < -0.4 is 10.1 Å². The number of thioether (sulfide) groups is 1. The van der Waals surface area contributed by atoms with E-state index in [2.05, 4.69) is 5.32 Å². The van der Waals surface area contributed by atoms with Crippen LogP contribution in [0.1, 0.15) is 25.3 Å². The number of hydrogen-bond donors (Lipinski definition) is 2. The van der Waals surface area contributed by atoms with Crippen LogP contribution in [0.15, 0.2) is 40.8 Å². The number of amides is 1. The van der Waals surface area contributed by atoms with Crippen molar-refractivity contribution in [1.82, 2.24) is 5.32 Å². The summed E-state index contributed by atoms with van der Waals surface area (Å²) in [6.07, 6.45) is 5.40. The molecule has 5 nitrogen and oxygen atoms in total. The molecule has 1 saturated heterocycles. The summed E-state index contributed by atoms with van der Waals surface area (Å²) in [5.41, 5.74) is 1.72. The Hall–Kier alpha value is -2.12. The number of carboxylic acids is 1. The van der Waals surface area contributed by atoms with Crippen molar-refractivity contribution in [2.45, 2.75) is 19.8 Å². The van der Waals surface area contributed by atoms with E-state index in [0.29, 0.717) is 15.0 Å². The first-order valence-corrected chi connectivity index (χ1v) is 8.61. The quantitative estimate of drug-likeness (QED) is 0.571. The molecule has 1 amide bonds. The van der Waals surface area contributed by atoms with Gasteiger partial charge in [0, 0.05) is 5.56 Å². The van der Waals surface area contributed by atoms with Crippen LogP contribution in [-0.2, 0) is 9.59 Å². The summed E-state index contributed by atoms with van der Waals surface area (Å²) < 4.78 is 5.77. The number of hydrogen-bond acceptors (Lipinski definition) is 5. The van der Waals surface area contributed by atoms with Gasteiger partial charge in [-0.15, -0.1) is 0 Å². The number of ether oxygens (including phenoxy) is 1. The van der Waals surface area contributed by atoms with E-state index in [1.54, 1.807) is 12.1 Å². The number of para-hydroxylation sites is 1. The van der Waals surface area contributed by atoms with Gasteiger partial charge in [-0.2, -0.15) is 0 Å². The maximum absolute atomic E-state index is 11.8. The third-order valence-corrected chi connectivity index (χ3v) is 4.27. The summed E-state index contributed by atoms with van der Waals surface area (Å²) in [5.74, 6) is -0.731. The van der Waals surface area contributed by atoms with Crippen molar-refractivity contribution in [3.63, 3.8) is 0 Å². The molecule has 0 radical (unpaired) electrons. The van der Waals surface area contributed by atoms with Crippen LogP contribution in [0.3, 0.4) is 0 Å². The number of nitrogens with one attached hydrogen (secondary N) is 1. The molecule has 1 heterocycles. The molecule has 2 N–H and O–H groups in total. The lowest BCUT2D eigenvalue weighted by Gasteiger charge is -2.08. The lowest BCUT2D eigenvalue weighted by molar-refractivity contribution is -0.139. The normalized spacial score (nSPS) is 16.4. The van der Waals surface area contributed by atoms with Crippen molar-refractivity contribution in [1.29, 1.82) is 0 Å². The maximum Gasteiger partial charge on any atom is 0.341 e. The molecule has 0 saturated carbocycles. The predicted octanol–water partition coefficient (Wildman–Crippen LogP) is 3.37. The van der Waals surface area contributed by atoms with Crippen molar-refractivity contribution >= 4 is 46.3 Å². The Morgan fingerprint density at radius 1 is 1.42 bits per heavy atom. The summed E-state index contributed by atoms with van der Waals surface area (Å²) in [4.78, 5) is 23.1. The number of carbonyl (C=O) groups excluding carboxylic acids is 1. The van der Waals surface area contributed by atoms with E-state index in [4.69, 9.17) is 22.1 Å². The average Bonchev–Trinajstić information content (AvgIpc) is 2.84. The highest BCUT2D eigenvalue weighted by atomic mass is 32.2. The molecule has 1 fully saturated rings. The standard InChI is InChI=1S/C17H17NO4S2/c1-2-5-11(9-14-16(21)18-17(23)24-14)8-12-6-3-4-7-13(12)22-10-15(19)20/h3-4,6-9H,2,5,10H2,1H3,(H,19,20)(H,18,21,23)/b11-8+,14-9-. The first kappa shape index (κ1) is 18.2. The molecule has 126 valence electrons. The van der Waals surface area contributed by atoms with E-state index in [1.165, 1.54) is 11.8 Å². The zero-order valence-electron chi connectivity index (χ0n) is 13.1. The van der Waals surface area contributed by atoms with Gasteiger partial charge in [-0.25, -0.2) is 4.79 Å². The zero-order chi connectivity index (χ0) is 17.5. The van der Waals surface area contributed by atoms with E-state index >= 15 is 0 Å². The largest absolute Gasteiger partial charge is 0.481 e. The van der Waals surface area contributed by atoms with Gasteiger partial charge in [0.15, 0.2) is 6.61 Å². The predicted molar refractivity (Wildman–Crippen MR) is 98.9 cm³/mol. The van der Waals surface area contributed by atoms with Crippen LogP contribution >= 0.6 is 24.0 Å². The SMILES string of the molecule is CCCC(/C=C1\SC(=S)NC1=O)=C\c1ccccc1OCC(=O)O. The van der Waals surface area contributed by atoms with Crippen molar-refractivity contribution in [3.05, 3.63) is 46.4 Å². The van der Waals surface area contributed by atoms with Crippen molar-refractivity contribution in [2.24, 2.45) is 0 Å². The van der Waals surface area contributed by atoms with Gasteiger partial charge in [-0.05, 0) is 30.2 Å².